The molecule has 4 bridgehead atoms. The Morgan fingerprint density at radius 1 is 0.462 bits per heavy atom. The van der Waals surface area contributed by atoms with Gasteiger partial charge in [0.15, 0.2) is 0 Å². The van der Waals surface area contributed by atoms with Crippen LogP contribution in [0.3, 0.4) is 0 Å². The van der Waals surface area contributed by atoms with Gasteiger partial charge < -0.3 is 0 Å². The molecule has 6 heteroatoms. The van der Waals surface area contributed by atoms with Crippen molar-refractivity contribution in [3.8, 4) is 0 Å². The summed E-state index contributed by atoms with van der Waals surface area (Å²) in [7, 11) is 0. The lowest BCUT2D eigenvalue weighted by atomic mass is 9.55. The van der Waals surface area contributed by atoms with Crippen molar-refractivity contribution in [2.24, 2.45) is 35.5 Å². The molecule has 0 aromatic heterocycles. The molecule has 6 atom stereocenters. The first kappa shape index (κ1) is 21.8. The summed E-state index contributed by atoms with van der Waals surface area (Å²) >= 11 is 0. The van der Waals surface area contributed by atoms with Crippen LogP contribution < -0.4 is 9.80 Å². The molecule has 7 aliphatic rings. The summed E-state index contributed by atoms with van der Waals surface area (Å²) in [5.74, 6) is -1.41. The van der Waals surface area contributed by atoms with Gasteiger partial charge in [-0.15, -0.1) is 0 Å². The zero-order chi connectivity index (χ0) is 26.2. The van der Waals surface area contributed by atoms with Crippen LogP contribution in [0.1, 0.15) is 53.4 Å². The van der Waals surface area contributed by atoms with Gasteiger partial charge in [-0.3, -0.25) is 24.1 Å². The van der Waals surface area contributed by atoms with Crippen LogP contribution in [0, 0.1) is 35.5 Å². The number of anilines is 2. The van der Waals surface area contributed by atoms with Crippen molar-refractivity contribution in [2.45, 2.75) is 31.1 Å². The maximum Gasteiger partial charge on any atom is 0.238 e. The molecule has 39 heavy (non-hydrogen) atoms. The number of carbonyl (C=O) groups excluding carboxylic acids is 4. The molecule has 5 aliphatic carbocycles. The number of hydrogen-bond donors (Lipinski definition) is 0. The number of carbonyl (C=O) groups is 4. The minimum Gasteiger partial charge on any atom is -0.274 e. The summed E-state index contributed by atoms with van der Waals surface area (Å²) in [5.41, 5.74) is 5.60. The third-order valence-electron chi connectivity index (χ3n) is 10.7. The van der Waals surface area contributed by atoms with Crippen LogP contribution in [0.25, 0.3) is 0 Å². The lowest BCUT2D eigenvalue weighted by Crippen LogP contribution is -2.41. The maximum absolute atomic E-state index is 14.0. The molecule has 2 saturated carbocycles. The smallest absolute Gasteiger partial charge is 0.238 e. The third kappa shape index (κ3) is 2.53. The van der Waals surface area contributed by atoms with Crippen LogP contribution >= 0.6 is 0 Å². The predicted octanol–water partition coefficient (Wildman–Crippen LogP) is 4.62. The molecule has 4 fully saturated rings. The largest absolute Gasteiger partial charge is 0.274 e. The van der Waals surface area contributed by atoms with Gasteiger partial charge in [-0.2, -0.15) is 0 Å². The maximum atomic E-state index is 14.0. The molecule has 10 rings (SSSR count). The minimum atomic E-state index is -0.441. The second kappa shape index (κ2) is 7.32. The summed E-state index contributed by atoms with van der Waals surface area (Å²) in [4.78, 5) is 57.3. The first-order valence-electron chi connectivity index (χ1n) is 14.1. The van der Waals surface area contributed by atoms with E-state index in [2.05, 4.69) is 24.3 Å². The second-order valence-corrected chi connectivity index (χ2v) is 12.2. The number of hydrogen-bond acceptors (Lipinski definition) is 4. The van der Waals surface area contributed by atoms with Crippen molar-refractivity contribution in [1.82, 2.24) is 0 Å². The Hall–Kier alpha value is -4.06. The summed E-state index contributed by atoms with van der Waals surface area (Å²) in [5, 5.41) is 0. The van der Waals surface area contributed by atoms with Gasteiger partial charge in [0.1, 0.15) is 0 Å². The van der Waals surface area contributed by atoms with E-state index in [-0.39, 0.29) is 47.3 Å². The summed E-state index contributed by atoms with van der Waals surface area (Å²) < 4.78 is 0. The van der Waals surface area contributed by atoms with Crippen LogP contribution in [-0.4, -0.2) is 23.6 Å². The van der Waals surface area contributed by atoms with E-state index in [1.807, 2.05) is 24.3 Å². The third-order valence-corrected chi connectivity index (χ3v) is 10.7. The van der Waals surface area contributed by atoms with Crippen LogP contribution in [0.5, 0.6) is 0 Å². The van der Waals surface area contributed by atoms with Crippen molar-refractivity contribution in [3.05, 3.63) is 95.1 Å². The molecule has 4 amide bonds. The van der Waals surface area contributed by atoms with Gasteiger partial charge in [0.2, 0.25) is 23.6 Å². The van der Waals surface area contributed by atoms with E-state index in [1.165, 1.54) is 9.80 Å². The lowest BCUT2D eigenvalue weighted by Gasteiger charge is -2.45. The van der Waals surface area contributed by atoms with Crippen molar-refractivity contribution < 1.29 is 19.2 Å². The standard InChI is InChI=1S/C33H26N2O4/c36-30-24-16-9-10-17(15-16)25(24)31(37)34(30)18-11-13-19(14-12-18)35-32(38)28-26-20-5-1-2-6-21(20)27(29(28)33(35)39)23-8-4-3-7-22(23)26/h1-8,11-14,16-17,24-29H,9-10,15H2/t16-,17+,24-,25+,26?,27?,28-,29-/m1/s1. The Kier molecular flexibility index (Phi) is 4.10. The highest BCUT2D eigenvalue weighted by Gasteiger charge is 2.63. The van der Waals surface area contributed by atoms with Gasteiger partial charge >= 0.3 is 0 Å². The number of nitrogens with zero attached hydrogens (tertiary/aromatic N) is 2. The van der Waals surface area contributed by atoms with E-state index in [0.29, 0.717) is 23.2 Å². The molecule has 2 aliphatic heterocycles. The van der Waals surface area contributed by atoms with Crippen molar-refractivity contribution in [3.63, 3.8) is 0 Å². The highest BCUT2D eigenvalue weighted by atomic mass is 16.2. The predicted molar refractivity (Wildman–Crippen MR) is 143 cm³/mol. The Labute approximate surface area is 225 Å². The first-order valence-corrected chi connectivity index (χ1v) is 14.1. The van der Waals surface area contributed by atoms with Gasteiger partial charge in [-0.25, -0.2) is 4.90 Å². The molecule has 192 valence electrons. The second-order valence-electron chi connectivity index (χ2n) is 12.2. The zero-order valence-corrected chi connectivity index (χ0v) is 21.2. The Bertz CT molecular complexity index is 1500. The highest BCUT2D eigenvalue weighted by Crippen LogP contribution is 2.61. The van der Waals surface area contributed by atoms with Gasteiger partial charge in [-0.05, 0) is 77.6 Å². The zero-order valence-electron chi connectivity index (χ0n) is 21.2. The van der Waals surface area contributed by atoms with Crippen molar-refractivity contribution in [2.75, 3.05) is 9.80 Å². The number of benzene rings is 3. The highest BCUT2D eigenvalue weighted by molar-refractivity contribution is 6.24. The van der Waals surface area contributed by atoms with Crippen molar-refractivity contribution in [1.29, 1.82) is 0 Å². The normalized spacial score (nSPS) is 35.0. The van der Waals surface area contributed by atoms with Crippen LogP contribution in [0.15, 0.2) is 72.8 Å². The van der Waals surface area contributed by atoms with Crippen LogP contribution in [0.2, 0.25) is 0 Å². The van der Waals surface area contributed by atoms with Crippen molar-refractivity contribution >= 4 is 35.0 Å². The molecular formula is C33H26N2O4. The van der Waals surface area contributed by atoms with E-state index in [4.69, 9.17) is 0 Å². The average Bonchev–Trinajstić information content (AvgIpc) is 3.71. The molecule has 6 nitrogen and oxygen atoms in total. The fourth-order valence-electron chi connectivity index (χ4n) is 9.35. The summed E-state index contributed by atoms with van der Waals surface area (Å²) in [6.45, 7) is 0. The van der Waals surface area contributed by atoms with Crippen LogP contribution in [0.4, 0.5) is 11.4 Å². The molecular weight excluding hydrogens is 488 g/mol. The minimum absolute atomic E-state index is 0.0867. The van der Waals surface area contributed by atoms with E-state index in [9.17, 15) is 19.2 Å². The number of imide groups is 2. The molecule has 2 saturated heterocycles. The monoisotopic (exact) mass is 514 g/mol. The van der Waals surface area contributed by atoms with Gasteiger partial charge in [0, 0.05) is 11.8 Å². The van der Waals surface area contributed by atoms with E-state index in [1.54, 1.807) is 24.3 Å². The Morgan fingerprint density at radius 3 is 1.15 bits per heavy atom. The molecule has 0 N–H and O–H groups in total. The average molecular weight is 515 g/mol. The van der Waals surface area contributed by atoms with E-state index in [0.717, 1.165) is 41.5 Å². The van der Waals surface area contributed by atoms with Gasteiger partial charge in [0.05, 0.1) is 35.0 Å². The molecule has 3 aromatic rings. The van der Waals surface area contributed by atoms with Gasteiger partial charge in [0.25, 0.3) is 0 Å². The number of fused-ring (bicyclic) bond motifs is 5. The molecule has 3 aromatic carbocycles. The number of rotatable bonds is 2. The quantitative estimate of drug-likeness (QED) is 0.468. The molecule has 0 radical (unpaired) electrons. The first-order chi connectivity index (χ1) is 19.0. The summed E-state index contributed by atoms with van der Waals surface area (Å²) in [6, 6.07) is 23.3. The fraction of sp³-hybridized carbons (Fsp3) is 0.333. The Balaban J connectivity index is 1.07. The number of amides is 4. The SMILES string of the molecule is O=C1[C@@H]2[C@@H]3CC[C@@H](C3)[C@@H]2C(=O)N1c1ccc(N2C(=O)[C@@H]3C4c5ccccc5C(c5ccccc54)[C@H]3C2=O)cc1. The molecule has 0 spiro atoms. The van der Waals surface area contributed by atoms with Gasteiger partial charge in [-0.1, -0.05) is 48.5 Å². The fourth-order valence-corrected chi connectivity index (χ4v) is 9.35. The van der Waals surface area contributed by atoms with E-state index < -0.39 is 11.8 Å². The molecule has 2 heterocycles. The lowest BCUT2D eigenvalue weighted by molar-refractivity contribution is -0.124. The summed E-state index contributed by atoms with van der Waals surface area (Å²) in [6.07, 6.45) is 3.07. The topological polar surface area (TPSA) is 74.8 Å². The van der Waals surface area contributed by atoms with E-state index >= 15 is 0 Å². The molecule has 0 unspecified atom stereocenters. The van der Waals surface area contributed by atoms with Crippen LogP contribution in [-0.2, 0) is 19.2 Å². The Morgan fingerprint density at radius 2 is 0.795 bits per heavy atom.